The monoisotopic (exact) mass is 465 g/mol. The zero-order valence-corrected chi connectivity index (χ0v) is 20.9. The molecule has 6 heteroatoms. The minimum absolute atomic E-state index is 0. The van der Waals surface area contributed by atoms with Gasteiger partial charge in [0.2, 0.25) is 5.91 Å². The molecule has 0 bridgehead atoms. The highest BCUT2D eigenvalue weighted by atomic mass is 35.5. The number of nitrogens with zero attached hydrogens (tertiary/aromatic N) is 2. The molecule has 0 aromatic heterocycles. The van der Waals surface area contributed by atoms with Crippen molar-refractivity contribution in [2.45, 2.75) is 96.6 Å². The highest BCUT2D eigenvalue weighted by Gasteiger charge is 2.32. The standard InChI is InChI=1S/C25H39N3OS.ClH/c1-3-5-10-20-13-15-22(16-14-20)26-24(29)18-23-19-30-25(28(23)17-6-4-2)27-21-11-8-7-9-12-21;/h13-16,21,23H,3-12,17-19H2,1-2H3,(H,26,29);1H. The van der Waals surface area contributed by atoms with E-state index in [-0.39, 0.29) is 24.4 Å². The maximum atomic E-state index is 12.8. The van der Waals surface area contributed by atoms with Gasteiger partial charge in [-0.1, -0.05) is 69.8 Å². The second-order valence-electron chi connectivity index (χ2n) is 8.77. The second-order valence-corrected chi connectivity index (χ2v) is 9.76. The number of amidine groups is 1. The third-order valence-electron chi connectivity index (χ3n) is 6.19. The normalized spacial score (nSPS) is 20.6. The van der Waals surface area contributed by atoms with Gasteiger partial charge in [-0.25, -0.2) is 0 Å². The first-order chi connectivity index (χ1) is 14.7. The van der Waals surface area contributed by atoms with Crippen LogP contribution in [0.5, 0.6) is 0 Å². The summed E-state index contributed by atoms with van der Waals surface area (Å²) in [4.78, 5) is 20.3. The van der Waals surface area contributed by atoms with Crippen molar-refractivity contribution in [2.24, 2.45) is 4.99 Å². The Labute approximate surface area is 199 Å². The average Bonchev–Trinajstić information content (AvgIpc) is 3.13. The van der Waals surface area contributed by atoms with Crippen LogP contribution in [0.25, 0.3) is 0 Å². The van der Waals surface area contributed by atoms with Gasteiger partial charge in [0.1, 0.15) is 0 Å². The molecule has 1 aromatic carbocycles. The topological polar surface area (TPSA) is 44.7 Å². The molecule has 1 unspecified atom stereocenters. The Morgan fingerprint density at radius 2 is 1.81 bits per heavy atom. The van der Waals surface area contributed by atoms with Gasteiger partial charge in [0.05, 0.1) is 6.04 Å². The molecule has 3 rings (SSSR count). The van der Waals surface area contributed by atoms with E-state index in [1.54, 1.807) is 0 Å². The van der Waals surface area contributed by atoms with Gasteiger partial charge in [0.15, 0.2) is 5.17 Å². The smallest absolute Gasteiger partial charge is 0.226 e. The Morgan fingerprint density at radius 3 is 2.48 bits per heavy atom. The number of rotatable bonds is 10. The molecule has 0 spiro atoms. The largest absolute Gasteiger partial charge is 0.347 e. The molecule has 4 nitrogen and oxygen atoms in total. The Kier molecular flexibility index (Phi) is 11.8. The van der Waals surface area contributed by atoms with Crippen LogP contribution in [0.15, 0.2) is 29.3 Å². The summed E-state index contributed by atoms with van der Waals surface area (Å²) in [5.74, 6) is 1.08. The van der Waals surface area contributed by atoms with Crippen LogP contribution in [-0.2, 0) is 11.2 Å². The lowest BCUT2D eigenvalue weighted by Crippen LogP contribution is -2.38. The molecule has 1 N–H and O–H groups in total. The van der Waals surface area contributed by atoms with Crippen molar-refractivity contribution >= 4 is 40.9 Å². The van der Waals surface area contributed by atoms with Crippen LogP contribution in [0.4, 0.5) is 5.69 Å². The summed E-state index contributed by atoms with van der Waals surface area (Å²) in [6.45, 7) is 5.46. The summed E-state index contributed by atoms with van der Waals surface area (Å²) in [5.41, 5.74) is 2.25. The van der Waals surface area contributed by atoms with E-state index < -0.39 is 0 Å². The van der Waals surface area contributed by atoms with Crippen molar-refractivity contribution in [1.29, 1.82) is 0 Å². The molecule has 1 atom stereocenters. The number of aryl methyl sites for hydroxylation is 1. The van der Waals surface area contributed by atoms with E-state index >= 15 is 0 Å². The lowest BCUT2D eigenvalue weighted by molar-refractivity contribution is -0.116. The van der Waals surface area contributed by atoms with Gasteiger partial charge in [0, 0.05) is 30.4 Å². The van der Waals surface area contributed by atoms with Crippen molar-refractivity contribution in [3.05, 3.63) is 29.8 Å². The molecular weight excluding hydrogens is 426 g/mol. The number of aliphatic imine (C=N–C) groups is 1. The van der Waals surface area contributed by atoms with Crippen molar-refractivity contribution in [3.63, 3.8) is 0 Å². The Hall–Kier alpha value is -1.20. The Morgan fingerprint density at radius 1 is 1.10 bits per heavy atom. The van der Waals surface area contributed by atoms with Crippen LogP contribution >= 0.6 is 24.2 Å². The number of halogens is 1. The highest BCUT2D eigenvalue weighted by Crippen LogP contribution is 2.30. The number of amides is 1. The SMILES string of the molecule is CCCCc1ccc(NC(=O)CC2CSC(=NC3CCCCC3)N2CCCC)cc1.Cl. The fourth-order valence-corrected chi connectivity index (χ4v) is 5.58. The number of carbonyl (C=O) groups is 1. The zero-order valence-electron chi connectivity index (χ0n) is 19.3. The first-order valence-electron chi connectivity index (χ1n) is 12.1. The lowest BCUT2D eigenvalue weighted by Gasteiger charge is -2.27. The number of benzene rings is 1. The van der Waals surface area contributed by atoms with Gasteiger partial charge in [-0.15, -0.1) is 12.4 Å². The number of nitrogens with one attached hydrogen (secondary N) is 1. The number of unbranched alkanes of at least 4 members (excludes halogenated alkanes) is 2. The van der Waals surface area contributed by atoms with E-state index in [4.69, 9.17) is 4.99 Å². The van der Waals surface area contributed by atoms with E-state index in [0.29, 0.717) is 12.5 Å². The highest BCUT2D eigenvalue weighted by molar-refractivity contribution is 8.14. The maximum absolute atomic E-state index is 12.8. The van der Waals surface area contributed by atoms with Crippen molar-refractivity contribution in [2.75, 3.05) is 17.6 Å². The summed E-state index contributed by atoms with van der Waals surface area (Å²) in [7, 11) is 0. The molecule has 0 radical (unpaired) electrons. The molecular formula is C25H40ClN3OS. The number of hydrogen-bond acceptors (Lipinski definition) is 3. The van der Waals surface area contributed by atoms with E-state index in [1.807, 2.05) is 23.9 Å². The van der Waals surface area contributed by atoms with Crippen LogP contribution in [0.2, 0.25) is 0 Å². The molecule has 1 aliphatic carbocycles. The molecule has 1 aromatic rings. The number of anilines is 1. The van der Waals surface area contributed by atoms with Crippen LogP contribution in [0.1, 0.15) is 83.6 Å². The molecule has 1 heterocycles. The summed E-state index contributed by atoms with van der Waals surface area (Å²) in [6.07, 6.45) is 12.8. The quantitative estimate of drug-likeness (QED) is 0.418. The average molecular weight is 466 g/mol. The molecule has 2 fully saturated rings. The van der Waals surface area contributed by atoms with E-state index in [0.717, 1.165) is 30.8 Å². The lowest BCUT2D eigenvalue weighted by atomic mass is 9.96. The van der Waals surface area contributed by atoms with E-state index in [1.165, 1.54) is 62.1 Å². The second kappa shape index (κ2) is 14.1. The summed E-state index contributed by atoms with van der Waals surface area (Å²) < 4.78 is 0. The molecule has 1 aliphatic heterocycles. The van der Waals surface area contributed by atoms with Gasteiger partial charge >= 0.3 is 0 Å². The van der Waals surface area contributed by atoms with Gasteiger partial charge in [0.25, 0.3) is 0 Å². The number of hydrogen-bond donors (Lipinski definition) is 1. The fourth-order valence-electron chi connectivity index (χ4n) is 4.32. The number of thioether (sulfide) groups is 1. The summed E-state index contributed by atoms with van der Waals surface area (Å²) in [6, 6.07) is 9.10. The molecule has 1 amide bonds. The predicted molar refractivity (Wildman–Crippen MR) is 138 cm³/mol. The number of carbonyl (C=O) groups excluding carboxylic acids is 1. The summed E-state index contributed by atoms with van der Waals surface area (Å²) in [5, 5.41) is 4.30. The van der Waals surface area contributed by atoms with E-state index in [9.17, 15) is 4.79 Å². The minimum Gasteiger partial charge on any atom is -0.347 e. The van der Waals surface area contributed by atoms with Crippen LogP contribution in [-0.4, -0.2) is 40.4 Å². The van der Waals surface area contributed by atoms with Gasteiger partial charge in [-0.05, 0) is 49.8 Å². The van der Waals surface area contributed by atoms with Gasteiger partial charge in [-0.2, -0.15) is 0 Å². The maximum Gasteiger partial charge on any atom is 0.226 e. The predicted octanol–water partition coefficient (Wildman–Crippen LogP) is 6.69. The van der Waals surface area contributed by atoms with E-state index in [2.05, 4.69) is 36.2 Å². The summed E-state index contributed by atoms with van der Waals surface area (Å²) >= 11 is 1.86. The minimum atomic E-state index is 0. The van der Waals surface area contributed by atoms with Gasteiger partial charge in [-0.3, -0.25) is 9.79 Å². The van der Waals surface area contributed by atoms with Crippen molar-refractivity contribution in [3.8, 4) is 0 Å². The van der Waals surface area contributed by atoms with Crippen LogP contribution in [0, 0.1) is 0 Å². The van der Waals surface area contributed by atoms with Crippen LogP contribution in [0.3, 0.4) is 0 Å². The third-order valence-corrected chi connectivity index (χ3v) is 7.34. The molecule has 31 heavy (non-hydrogen) atoms. The van der Waals surface area contributed by atoms with Crippen molar-refractivity contribution < 1.29 is 4.79 Å². The Balaban J connectivity index is 0.00000341. The first kappa shape index (κ1) is 26.1. The molecule has 174 valence electrons. The fraction of sp³-hybridized carbons (Fsp3) is 0.680. The van der Waals surface area contributed by atoms with Crippen molar-refractivity contribution in [1.82, 2.24) is 4.90 Å². The van der Waals surface area contributed by atoms with Crippen LogP contribution < -0.4 is 5.32 Å². The molecule has 1 saturated carbocycles. The zero-order chi connectivity index (χ0) is 21.2. The molecule has 1 saturated heterocycles. The Bertz CT molecular complexity index is 689. The first-order valence-corrected chi connectivity index (χ1v) is 13.0. The van der Waals surface area contributed by atoms with Gasteiger partial charge < -0.3 is 10.2 Å². The third kappa shape index (κ3) is 8.34. The molecule has 2 aliphatic rings.